The molecule has 4 rings (SSSR count). The van der Waals surface area contributed by atoms with Gasteiger partial charge < -0.3 is 5.32 Å². The van der Waals surface area contributed by atoms with Crippen LogP contribution in [0.25, 0.3) is 22.4 Å². The highest BCUT2D eigenvalue weighted by Gasteiger charge is 2.14. The van der Waals surface area contributed by atoms with E-state index in [0.29, 0.717) is 17.7 Å². The van der Waals surface area contributed by atoms with Crippen LogP contribution in [0.15, 0.2) is 85.1 Å². The smallest absolute Gasteiger partial charge is 0.274 e. The number of amides is 2. The van der Waals surface area contributed by atoms with Gasteiger partial charge in [0.1, 0.15) is 0 Å². The Bertz CT molecular complexity index is 1310. The molecule has 0 fully saturated rings. The Morgan fingerprint density at radius 3 is 1.94 bits per heavy atom. The molecule has 4 aromatic rings. The minimum Gasteiger partial charge on any atom is -0.348 e. The summed E-state index contributed by atoms with van der Waals surface area (Å²) >= 11 is 0. The number of hydroxylamine groups is 1. The zero-order chi connectivity index (χ0) is 24.1. The molecule has 0 aliphatic rings. The van der Waals surface area contributed by atoms with Crippen LogP contribution in [-0.4, -0.2) is 22.0 Å². The first kappa shape index (κ1) is 22.9. The molecule has 2 amide bonds. The van der Waals surface area contributed by atoms with E-state index >= 15 is 0 Å². The number of aryl methyl sites for hydroxylation is 2. The lowest BCUT2D eigenvalue weighted by Gasteiger charge is -2.13. The van der Waals surface area contributed by atoms with Crippen molar-refractivity contribution >= 4 is 11.8 Å². The monoisotopic (exact) mass is 451 g/mol. The highest BCUT2D eigenvalue weighted by Crippen LogP contribution is 2.31. The van der Waals surface area contributed by atoms with Crippen LogP contribution in [0.2, 0.25) is 0 Å². The predicted molar refractivity (Wildman–Crippen MR) is 131 cm³/mol. The van der Waals surface area contributed by atoms with Crippen LogP contribution in [0.4, 0.5) is 0 Å². The summed E-state index contributed by atoms with van der Waals surface area (Å²) in [6.07, 6.45) is 1.59. The molecule has 1 aromatic heterocycles. The molecular weight excluding hydrogens is 426 g/mol. The summed E-state index contributed by atoms with van der Waals surface area (Å²) in [6, 6.07) is 24.8. The number of carbonyl (C=O) groups excluding carboxylic acids is 2. The summed E-state index contributed by atoms with van der Waals surface area (Å²) < 4.78 is 0. The van der Waals surface area contributed by atoms with Crippen molar-refractivity contribution < 1.29 is 14.8 Å². The Kier molecular flexibility index (Phi) is 6.80. The third-order valence-corrected chi connectivity index (χ3v) is 5.61. The Hall–Kier alpha value is -4.29. The van der Waals surface area contributed by atoms with Gasteiger partial charge in [-0.1, -0.05) is 71.8 Å². The van der Waals surface area contributed by atoms with E-state index in [1.807, 2.05) is 68.4 Å². The predicted octanol–water partition coefficient (Wildman–Crippen LogP) is 5.08. The maximum absolute atomic E-state index is 12.9. The number of benzene rings is 3. The van der Waals surface area contributed by atoms with Gasteiger partial charge in [0.25, 0.3) is 11.8 Å². The third kappa shape index (κ3) is 5.19. The van der Waals surface area contributed by atoms with Crippen LogP contribution >= 0.6 is 0 Å². The molecule has 3 N–H and O–H groups in total. The number of nitrogens with one attached hydrogen (secondary N) is 2. The van der Waals surface area contributed by atoms with Gasteiger partial charge >= 0.3 is 0 Å². The van der Waals surface area contributed by atoms with Crippen molar-refractivity contribution in [2.45, 2.75) is 20.4 Å². The number of rotatable bonds is 6. The topological polar surface area (TPSA) is 91.3 Å². The molecule has 3 aromatic carbocycles. The van der Waals surface area contributed by atoms with E-state index in [-0.39, 0.29) is 5.91 Å². The molecule has 0 saturated heterocycles. The number of aromatic nitrogens is 1. The molecule has 0 bridgehead atoms. The first-order valence-corrected chi connectivity index (χ1v) is 10.9. The first-order chi connectivity index (χ1) is 16.4. The third-order valence-electron chi connectivity index (χ3n) is 5.61. The summed E-state index contributed by atoms with van der Waals surface area (Å²) in [5.41, 5.74) is 9.21. The second-order valence-corrected chi connectivity index (χ2v) is 8.17. The van der Waals surface area contributed by atoms with Crippen molar-refractivity contribution in [3.8, 4) is 22.4 Å². The molecule has 170 valence electrons. The molecule has 0 unspecified atom stereocenters. The molecule has 6 heteroatoms. The van der Waals surface area contributed by atoms with Gasteiger partial charge in [0, 0.05) is 29.4 Å². The fourth-order valence-electron chi connectivity index (χ4n) is 3.61. The number of nitrogens with zero attached hydrogens (tertiary/aromatic N) is 1. The average Bonchev–Trinajstić information content (AvgIpc) is 2.88. The minimum atomic E-state index is -0.584. The van der Waals surface area contributed by atoms with E-state index in [2.05, 4.69) is 10.3 Å². The molecule has 6 nitrogen and oxygen atoms in total. The molecule has 0 atom stereocenters. The van der Waals surface area contributed by atoms with Gasteiger partial charge in [-0.05, 0) is 43.2 Å². The molecule has 0 saturated carbocycles. The van der Waals surface area contributed by atoms with E-state index in [1.165, 1.54) is 5.56 Å². The summed E-state index contributed by atoms with van der Waals surface area (Å²) in [5, 5.41) is 11.6. The average molecular weight is 452 g/mol. The summed E-state index contributed by atoms with van der Waals surface area (Å²) in [6.45, 7) is 4.37. The molecule has 0 spiro atoms. The molecule has 0 radical (unpaired) electrons. The molecular formula is C28H25N3O3. The van der Waals surface area contributed by atoms with E-state index in [0.717, 1.165) is 33.5 Å². The summed E-state index contributed by atoms with van der Waals surface area (Å²) in [7, 11) is 0. The van der Waals surface area contributed by atoms with Gasteiger partial charge in [-0.3, -0.25) is 19.8 Å². The number of pyridine rings is 1. The van der Waals surface area contributed by atoms with Crippen LogP contribution in [0.1, 0.15) is 37.4 Å². The largest absolute Gasteiger partial charge is 0.348 e. The van der Waals surface area contributed by atoms with Crippen molar-refractivity contribution in [2.24, 2.45) is 0 Å². The molecule has 1 heterocycles. The van der Waals surface area contributed by atoms with Crippen molar-refractivity contribution in [3.63, 3.8) is 0 Å². The highest BCUT2D eigenvalue weighted by molar-refractivity contribution is 5.97. The number of hydrogen-bond acceptors (Lipinski definition) is 4. The van der Waals surface area contributed by atoms with Crippen LogP contribution in [0.3, 0.4) is 0 Å². The Labute approximate surface area is 198 Å². The van der Waals surface area contributed by atoms with Crippen LogP contribution < -0.4 is 10.8 Å². The van der Waals surface area contributed by atoms with Crippen LogP contribution in [0.5, 0.6) is 0 Å². The van der Waals surface area contributed by atoms with E-state index in [4.69, 9.17) is 5.21 Å². The van der Waals surface area contributed by atoms with Gasteiger partial charge in [0.15, 0.2) is 0 Å². The fraction of sp³-hybridized carbons (Fsp3) is 0.107. The van der Waals surface area contributed by atoms with Gasteiger partial charge in [-0.15, -0.1) is 0 Å². The lowest BCUT2D eigenvalue weighted by atomic mass is 9.96. The number of carbonyl (C=O) groups is 2. The van der Waals surface area contributed by atoms with E-state index < -0.39 is 5.91 Å². The molecule has 0 aliphatic carbocycles. The normalized spacial score (nSPS) is 10.6. The standard InChI is InChI=1S/C28H25N3O3/c1-18-3-9-21(10-4-18)25-15-24(17-29-26(25)22-11-5-19(2)6-12-22)27(32)30-16-20-7-13-23(14-8-20)28(33)31-34/h3-15,17,34H,16H2,1-2H3,(H,30,32)(H,31,33). The van der Waals surface area contributed by atoms with Gasteiger partial charge in [0.2, 0.25) is 0 Å². The minimum absolute atomic E-state index is 0.242. The highest BCUT2D eigenvalue weighted by atomic mass is 16.5. The second kappa shape index (κ2) is 10.1. The lowest BCUT2D eigenvalue weighted by Crippen LogP contribution is -2.23. The van der Waals surface area contributed by atoms with Crippen molar-refractivity contribution in [1.29, 1.82) is 0 Å². The van der Waals surface area contributed by atoms with Gasteiger partial charge in [0.05, 0.1) is 11.3 Å². The molecule has 34 heavy (non-hydrogen) atoms. The Morgan fingerprint density at radius 1 is 0.765 bits per heavy atom. The Balaban J connectivity index is 1.60. The zero-order valence-electron chi connectivity index (χ0n) is 19.0. The summed E-state index contributed by atoms with van der Waals surface area (Å²) in [5.74, 6) is -0.826. The SMILES string of the molecule is Cc1ccc(-c2cc(C(=O)NCc3ccc(C(=O)NO)cc3)cnc2-c2ccc(C)cc2)cc1. The maximum atomic E-state index is 12.9. The van der Waals surface area contributed by atoms with Crippen LogP contribution in [-0.2, 0) is 6.54 Å². The maximum Gasteiger partial charge on any atom is 0.274 e. The molecule has 0 aliphatic heterocycles. The summed E-state index contributed by atoms with van der Waals surface area (Å²) in [4.78, 5) is 29.0. The first-order valence-electron chi connectivity index (χ1n) is 10.9. The van der Waals surface area contributed by atoms with E-state index in [1.54, 1.807) is 35.9 Å². The number of hydrogen-bond donors (Lipinski definition) is 3. The van der Waals surface area contributed by atoms with Crippen molar-refractivity contribution in [3.05, 3.63) is 113 Å². The second-order valence-electron chi connectivity index (χ2n) is 8.17. The van der Waals surface area contributed by atoms with Crippen LogP contribution in [0, 0.1) is 13.8 Å². The zero-order valence-corrected chi connectivity index (χ0v) is 19.0. The van der Waals surface area contributed by atoms with Crippen molar-refractivity contribution in [1.82, 2.24) is 15.8 Å². The van der Waals surface area contributed by atoms with E-state index in [9.17, 15) is 9.59 Å². The quantitative estimate of drug-likeness (QED) is 0.282. The van der Waals surface area contributed by atoms with Gasteiger partial charge in [-0.25, -0.2) is 5.48 Å². The van der Waals surface area contributed by atoms with Crippen molar-refractivity contribution in [2.75, 3.05) is 0 Å². The fourth-order valence-corrected chi connectivity index (χ4v) is 3.61. The lowest BCUT2D eigenvalue weighted by molar-refractivity contribution is 0.0706. The van der Waals surface area contributed by atoms with Gasteiger partial charge in [-0.2, -0.15) is 0 Å². The Morgan fingerprint density at radius 2 is 1.35 bits per heavy atom.